The Morgan fingerprint density at radius 1 is 1.00 bits per heavy atom. The summed E-state index contributed by atoms with van der Waals surface area (Å²) < 4.78 is 11.5. The summed E-state index contributed by atoms with van der Waals surface area (Å²) in [6, 6.07) is 15.3. The standard InChI is InChI=1S/C24H22N6O3/c31-23(29-18-5-6-20-21(14-18)26-10-9-25-20)22-16-30(11-12-32-22)15-17-3-1-4-19(13-17)33-24-27-7-2-8-28-24/h1-10,13-14,22H,11-12,15-16H2,(H,29,31)/t22-/m1/s1. The van der Waals surface area contributed by atoms with Crippen molar-refractivity contribution in [3.05, 3.63) is 78.9 Å². The third kappa shape index (κ3) is 5.28. The number of carbonyl (C=O) groups excluding carboxylic acids is 1. The fourth-order valence-corrected chi connectivity index (χ4v) is 3.68. The first-order chi connectivity index (χ1) is 16.2. The van der Waals surface area contributed by atoms with Crippen LogP contribution in [0.1, 0.15) is 5.56 Å². The second-order valence-corrected chi connectivity index (χ2v) is 7.62. The maximum absolute atomic E-state index is 12.8. The van der Waals surface area contributed by atoms with Crippen molar-refractivity contribution in [1.29, 1.82) is 0 Å². The SMILES string of the molecule is O=C(Nc1ccc2nccnc2c1)[C@H]1CN(Cc2cccc(Oc3ncccn3)c2)CCO1. The summed E-state index contributed by atoms with van der Waals surface area (Å²) in [5, 5.41) is 2.93. The number of carbonyl (C=O) groups is 1. The van der Waals surface area contributed by atoms with E-state index >= 15 is 0 Å². The van der Waals surface area contributed by atoms with E-state index in [1.165, 1.54) is 0 Å². The number of aromatic nitrogens is 4. The van der Waals surface area contributed by atoms with E-state index < -0.39 is 6.10 Å². The molecule has 33 heavy (non-hydrogen) atoms. The summed E-state index contributed by atoms with van der Waals surface area (Å²) in [4.78, 5) is 31.7. The number of hydrogen-bond acceptors (Lipinski definition) is 8. The summed E-state index contributed by atoms with van der Waals surface area (Å²) in [6.07, 6.45) is 5.98. The first kappa shape index (κ1) is 20.9. The largest absolute Gasteiger partial charge is 0.424 e. The number of fused-ring (bicyclic) bond motifs is 1. The van der Waals surface area contributed by atoms with Gasteiger partial charge in [-0.3, -0.25) is 19.7 Å². The summed E-state index contributed by atoms with van der Waals surface area (Å²) in [6.45, 7) is 2.38. The molecule has 1 atom stereocenters. The van der Waals surface area contributed by atoms with Crippen molar-refractivity contribution in [2.24, 2.45) is 0 Å². The van der Waals surface area contributed by atoms with E-state index in [-0.39, 0.29) is 5.91 Å². The minimum atomic E-state index is -0.562. The van der Waals surface area contributed by atoms with E-state index in [9.17, 15) is 4.79 Å². The molecule has 0 unspecified atom stereocenters. The predicted octanol–water partition coefficient (Wildman–Crippen LogP) is 3.05. The second kappa shape index (κ2) is 9.68. The minimum Gasteiger partial charge on any atom is -0.424 e. The summed E-state index contributed by atoms with van der Waals surface area (Å²) in [5.41, 5.74) is 3.24. The topological polar surface area (TPSA) is 102 Å². The van der Waals surface area contributed by atoms with Gasteiger partial charge in [0.1, 0.15) is 11.9 Å². The smallest absolute Gasteiger partial charge is 0.321 e. The molecule has 1 amide bonds. The molecule has 2 aromatic heterocycles. The van der Waals surface area contributed by atoms with Crippen LogP contribution in [0.2, 0.25) is 0 Å². The fourth-order valence-electron chi connectivity index (χ4n) is 3.68. The predicted molar refractivity (Wildman–Crippen MR) is 122 cm³/mol. The van der Waals surface area contributed by atoms with Crippen LogP contribution in [0.3, 0.4) is 0 Å². The van der Waals surface area contributed by atoms with Gasteiger partial charge >= 0.3 is 6.01 Å². The number of amides is 1. The molecule has 1 fully saturated rings. The third-order valence-corrected chi connectivity index (χ3v) is 5.24. The van der Waals surface area contributed by atoms with Gasteiger partial charge in [0.25, 0.3) is 5.91 Å². The van der Waals surface area contributed by atoms with E-state index in [4.69, 9.17) is 9.47 Å². The molecule has 0 radical (unpaired) electrons. The van der Waals surface area contributed by atoms with Crippen LogP contribution < -0.4 is 10.1 Å². The molecule has 0 bridgehead atoms. The van der Waals surface area contributed by atoms with Crippen molar-refractivity contribution in [3.63, 3.8) is 0 Å². The van der Waals surface area contributed by atoms with Crippen LogP contribution in [-0.4, -0.2) is 56.5 Å². The summed E-state index contributed by atoms with van der Waals surface area (Å²) >= 11 is 0. The van der Waals surface area contributed by atoms with Crippen LogP contribution >= 0.6 is 0 Å². The second-order valence-electron chi connectivity index (χ2n) is 7.62. The molecule has 1 saturated heterocycles. The molecular formula is C24H22N6O3. The van der Waals surface area contributed by atoms with Gasteiger partial charge in [-0.2, -0.15) is 0 Å². The summed E-state index contributed by atoms with van der Waals surface area (Å²) in [5.74, 6) is 0.488. The van der Waals surface area contributed by atoms with E-state index in [1.54, 1.807) is 30.9 Å². The average Bonchev–Trinajstić information content (AvgIpc) is 2.85. The molecule has 166 valence electrons. The number of benzene rings is 2. The van der Waals surface area contributed by atoms with Crippen molar-refractivity contribution in [1.82, 2.24) is 24.8 Å². The maximum atomic E-state index is 12.8. The molecule has 2 aromatic carbocycles. The van der Waals surface area contributed by atoms with Gasteiger partial charge in [0.05, 0.1) is 17.6 Å². The highest BCUT2D eigenvalue weighted by atomic mass is 16.5. The molecule has 1 aliphatic heterocycles. The lowest BCUT2D eigenvalue weighted by atomic mass is 10.1. The first-order valence-corrected chi connectivity index (χ1v) is 10.6. The lowest BCUT2D eigenvalue weighted by Crippen LogP contribution is -2.47. The molecule has 0 aliphatic carbocycles. The molecule has 9 nitrogen and oxygen atoms in total. The molecule has 5 rings (SSSR count). The molecule has 0 saturated carbocycles. The Labute approximate surface area is 190 Å². The Morgan fingerprint density at radius 3 is 2.73 bits per heavy atom. The van der Waals surface area contributed by atoms with Gasteiger partial charge in [-0.25, -0.2) is 9.97 Å². The van der Waals surface area contributed by atoms with E-state index in [1.807, 2.05) is 42.5 Å². The molecule has 1 aliphatic rings. The van der Waals surface area contributed by atoms with Crippen LogP contribution in [0.25, 0.3) is 11.0 Å². The Kier molecular flexibility index (Phi) is 6.14. The van der Waals surface area contributed by atoms with Crippen molar-refractivity contribution >= 4 is 22.6 Å². The van der Waals surface area contributed by atoms with Crippen molar-refractivity contribution < 1.29 is 14.3 Å². The fraction of sp³-hybridized carbons (Fsp3) is 0.208. The highest BCUT2D eigenvalue weighted by Crippen LogP contribution is 2.21. The lowest BCUT2D eigenvalue weighted by Gasteiger charge is -2.32. The molecule has 0 spiro atoms. The summed E-state index contributed by atoms with van der Waals surface area (Å²) in [7, 11) is 0. The normalized spacial score (nSPS) is 16.4. The zero-order valence-electron chi connectivity index (χ0n) is 17.8. The number of nitrogens with zero attached hydrogens (tertiary/aromatic N) is 5. The van der Waals surface area contributed by atoms with E-state index in [0.29, 0.717) is 37.1 Å². The number of hydrogen-bond donors (Lipinski definition) is 1. The van der Waals surface area contributed by atoms with Gasteiger partial charge in [-0.15, -0.1) is 0 Å². The molecular weight excluding hydrogens is 420 g/mol. The monoisotopic (exact) mass is 442 g/mol. The van der Waals surface area contributed by atoms with Gasteiger partial charge in [-0.05, 0) is 42.0 Å². The van der Waals surface area contributed by atoms with Crippen molar-refractivity contribution in [2.75, 3.05) is 25.0 Å². The quantitative estimate of drug-likeness (QED) is 0.486. The van der Waals surface area contributed by atoms with Gasteiger partial charge in [-0.1, -0.05) is 12.1 Å². The Morgan fingerprint density at radius 2 is 1.85 bits per heavy atom. The van der Waals surface area contributed by atoms with E-state index in [2.05, 4.69) is 30.2 Å². The van der Waals surface area contributed by atoms with E-state index in [0.717, 1.165) is 23.1 Å². The zero-order chi connectivity index (χ0) is 22.5. The van der Waals surface area contributed by atoms with Gasteiger partial charge in [0.15, 0.2) is 0 Å². The highest BCUT2D eigenvalue weighted by Gasteiger charge is 2.27. The number of ether oxygens (including phenoxy) is 2. The van der Waals surface area contributed by atoms with Crippen LogP contribution in [0.5, 0.6) is 11.8 Å². The minimum absolute atomic E-state index is 0.179. The average molecular weight is 442 g/mol. The molecule has 4 aromatic rings. The third-order valence-electron chi connectivity index (χ3n) is 5.24. The van der Waals surface area contributed by atoms with Crippen molar-refractivity contribution in [2.45, 2.75) is 12.6 Å². The number of morpholine rings is 1. The number of nitrogens with one attached hydrogen (secondary N) is 1. The lowest BCUT2D eigenvalue weighted by molar-refractivity contribution is -0.133. The number of anilines is 1. The van der Waals surface area contributed by atoms with Gasteiger partial charge < -0.3 is 14.8 Å². The van der Waals surface area contributed by atoms with Gasteiger partial charge in [0, 0.05) is 50.1 Å². The highest BCUT2D eigenvalue weighted by molar-refractivity contribution is 5.96. The van der Waals surface area contributed by atoms with Crippen LogP contribution in [-0.2, 0) is 16.1 Å². The zero-order valence-corrected chi connectivity index (χ0v) is 17.8. The van der Waals surface area contributed by atoms with Gasteiger partial charge in [0.2, 0.25) is 0 Å². The Hall–Kier alpha value is -3.95. The van der Waals surface area contributed by atoms with Crippen LogP contribution in [0.4, 0.5) is 5.69 Å². The Bertz CT molecular complexity index is 1250. The first-order valence-electron chi connectivity index (χ1n) is 10.6. The Balaban J connectivity index is 1.20. The molecule has 3 heterocycles. The van der Waals surface area contributed by atoms with Crippen LogP contribution in [0, 0.1) is 0 Å². The van der Waals surface area contributed by atoms with Crippen LogP contribution in [0.15, 0.2) is 73.3 Å². The van der Waals surface area contributed by atoms with Crippen molar-refractivity contribution in [3.8, 4) is 11.8 Å². The number of rotatable bonds is 6. The molecule has 9 heteroatoms. The molecule has 1 N–H and O–H groups in total. The maximum Gasteiger partial charge on any atom is 0.321 e.